The second-order valence-electron chi connectivity index (χ2n) is 6.10. The zero-order valence-corrected chi connectivity index (χ0v) is 15.5. The Balaban J connectivity index is 1.60. The van der Waals surface area contributed by atoms with Crippen molar-refractivity contribution in [2.75, 3.05) is 12.4 Å². The van der Waals surface area contributed by atoms with Crippen LogP contribution in [0.1, 0.15) is 17.9 Å². The molecule has 28 heavy (non-hydrogen) atoms. The van der Waals surface area contributed by atoms with Crippen LogP contribution in [0.3, 0.4) is 0 Å². The summed E-state index contributed by atoms with van der Waals surface area (Å²) in [5, 5.41) is 13.7. The lowest BCUT2D eigenvalue weighted by molar-refractivity contribution is -0.385. The first-order chi connectivity index (χ1) is 13.5. The lowest BCUT2D eigenvalue weighted by Crippen LogP contribution is -2.13. The Morgan fingerprint density at radius 2 is 2.00 bits per heavy atom. The zero-order chi connectivity index (χ0) is 20.1. The number of carbonyl (C=O) groups excluding carboxylic acids is 1. The molecule has 3 rings (SSSR count). The van der Waals surface area contributed by atoms with Gasteiger partial charge in [-0.2, -0.15) is 0 Å². The molecule has 0 aliphatic carbocycles. The molecule has 2 aromatic carbocycles. The first-order valence-electron chi connectivity index (χ1n) is 8.61. The summed E-state index contributed by atoms with van der Waals surface area (Å²) in [5.41, 5.74) is 1.66. The molecule has 0 unspecified atom stereocenters. The number of nitrogens with one attached hydrogen (secondary N) is 1. The zero-order valence-electron chi connectivity index (χ0n) is 15.5. The predicted octanol–water partition coefficient (Wildman–Crippen LogP) is 4.14. The number of anilines is 1. The van der Waals surface area contributed by atoms with Gasteiger partial charge in [0.25, 0.3) is 5.69 Å². The number of aromatic nitrogens is 1. The molecule has 0 atom stereocenters. The summed E-state index contributed by atoms with van der Waals surface area (Å²) in [6, 6.07) is 11.9. The van der Waals surface area contributed by atoms with Gasteiger partial charge in [0.2, 0.25) is 5.91 Å². The van der Waals surface area contributed by atoms with Crippen molar-refractivity contribution in [3.63, 3.8) is 0 Å². The summed E-state index contributed by atoms with van der Waals surface area (Å²) in [7, 11) is 1.60. The van der Waals surface area contributed by atoms with Crippen LogP contribution >= 0.6 is 0 Å². The van der Waals surface area contributed by atoms with E-state index in [1.807, 2.05) is 24.3 Å². The number of amides is 1. The number of methoxy groups -OCH3 is 1. The molecule has 0 radical (unpaired) electrons. The Morgan fingerprint density at radius 3 is 2.68 bits per heavy atom. The van der Waals surface area contributed by atoms with Crippen LogP contribution in [0.25, 0.3) is 11.3 Å². The van der Waals surface area contributed by atoms with Gasteiger partial charge in [0, 0.05) is 24.5 Å². The van der Waals surface area contributed by atoms with Gasteiger partial charge < -0.3 is 14.5 Å². The number of rotatable bonds is 7. The van der Waals surface area contributed by atoms with Crippen molar-refractivity contribution in [1.82, 2.24) is 4.98 Å². The Labute approximate surface area is 161 Å². The molecule has 8 heteroatoms. The molecule has 3 aromatic rings. The highest BCUT2D eigenvalue weighted by Gasteiger charge is 2.15. The van der Waals surface area contributed by atoms with Crippen molar-refractivity contribution in [3.8, 4) is 17.1 Å². The Bertz CT molecular complexity index is 995. The van der Waals surface area contributed by atoms with Crippen LogP contribution in [0, 0.1) is 17.0 Å². The van der Waals surface area contributed by atoms with Gasteiger partial charge in [0.15, 0.2) is 11.7 Å². The maximum atomic E-state index is 12.2. The molecule has 144 valence electrons. The van der Waals surface area contributed by atoms with E-state index < -0.39 is 4.92 Å². The van der Waals surface area contributed by atoms with Gasteiger partial charge in [0.1, 0.15) is 5.75 Å². The lowest BCUT2D eigenvalue weighted by Gasteiger charge is -2.08. The number of hydrogen-bond acceptors (Lipinski definition) is 6. The van der Waals surface area contributed by atoms with Crippen molar-refractivity contribution in [1.29, 1.82) is 0 Å². The minimum absolute atomic E-state index is 0.0327. The first-order valence-corrected chi connectivity index (χ1v) is 8.61. The minimum atomic E-state index is -0.474. The van der Waals surface area contributed by atoms with Gasteiger partial charge in [-0.3, -0.25) is 14.9 Å². The van der Waals surface area contributed by atoms with Crippen molar-refractivity contribution < 1.29 is 18.9 Å². The van der Waals surface area contributed by atoms with Gasteiger partial charge in [-0.1, -0.05) is 6.07 Å². The number of benzene rings is 2. The number of nitro benzene ring substituents is 1. The summed E-state index contributed by atoms with van der Waals surface area (Å²) in [4.78, 5) is 26.9. The van der Waals surface area contributed by atoms with Gasteiger partial charge in [-0.25, -0.2) is 4.98 Å². The van der Waals surface area contributed by atoms with Crippen LogP contribution in [0.2, 0.25) is 0 Å². The Hall–Kier alpha value is -3.68. The molecule has 0 aliphatic heterocycles. The number of aryl methyl sites for hydroxylation is 1. The van der Waals surface area contributed by atoms with Crippen LogP contribution in [-0.4, -0.2) is 22.9 Å². The summed E-state index contributed by atoms with van der Waals surface area (Å²) >= 11 is 0. The normalized spacial score (nSPS) is 10.5. The molecule has 1 aromatic heterocycles. The molecule has 0 aliphatic rings. The quantitative estimate of drug-likeness (QED) is 0.487. The molecule has 1 N–H and O–H groups in total. The number of ether oxygens (including phenoxy) is 1. The Kier molecular flexibility index (Phi) is 5.69. The molecule has 1 heterocycles. The SMILES string of the molecule is COc1ccc(-c2cnc(CCC(=O)Nc3cccc([N+](=O)[O-])c3C)o2)cc1. The average molecular weight is 381 g/mol. The predicted molar refractivity (Wildman–Crippen MR) is 103 cm³/mol. The minimum Gasteiger partial charge on any atom is -0.497 e. The lowest BCUT2D eigenvalue weighted by atomic mass is 10.1. The van der Waals surface area contributed by atoms with Crippen LogP contribution < -0.4 is 10.1 Å². The fraction of sp³-hybridized carbons (Fsp3) is 0.200. The van der Waals surface area contributed by atoms with E-state index in [0.29, 0.717) is 29.3 Å². The maximum Gasteiger partial charge on any atom is 0.274 e. The third-order valence-electron chi connectivity index (χ3n) is 4.27. The van der Waals surface area contributed by atoms with Crippen molar-refractivity contribution in [3.05, 3.63) is 70.2 Å². The molecule has 0 saturated carbocycles. The molecule has 0 bridgehead atoms. The van der Waals surface area contributed by atoms with E-state index in [4.69, 9.17) is 9.15 Å². The number of nitro groups is 1. The standard InChI is InChI=1S/C20H19N3O5/c1-13-16(4-3-5-17(13)23(25)26)22-19(24)10-11-20-21-12-18(28-20)14-6-8-15(27-2)9-7-14/h3-9,12H,10-11H2,1-2H3,(H,22,24). The van der Waals surface area contributed by atoms with Crippen LogP contribution in [0.15, 0.2) is 53.1 Å². The van der Waals surface area contributed by atoms with Gasteiger partial charge in [-0.05, 0) is 37.3 Å². The number of nitrogens with zero attached hydrogens (tertiary/aromatic N) is 2. The Morgan fingerprint density at radius 1 is 1.25 bits per heavy atom. The first kappa shape index (κ1) is 19.1. The highest BCUT2D eigenvalue weighted by molar-refractivity contribution is 5.92. The summed E-state index contributed by atoms with van der Waals surface area (Å²) < 4.78 is 10.8. The van der Waals surface area contributed by atoms with E-state index in [1.165, 1.54) is 12.1 Å². The third kappa shape index (κ3) is 4.35. The summed E-state index contributed by atoms with van der Waals surface area (Å²) in [6.45, 7) is 1.60. The average Bonchev–Trinajstić information content (AvgIpc) is 3.17. The third-order valence-corrected chi connectivity index (χ3v) is 4.27. The second-order valence-corrected chi connectivity index (χ2v) is 6.10. The number of hydrogen-bond donors (Lipinski definition) is 1. The van der Waals surface area contributed by atoms with E-state index in [0.717, 1.165) is 11.3 Å². The van der Waals surface area contributed by atoms with Crippen LogP contribution in [0.4, 0.5) is 11.4 Å². The molecular formula is C20H19N3O5. The summed E-state index contributed by atoms with van der Waals surface area (Å²) in [6.07, 6.45) is 2.07. The van der Waals surface area contributed by atoms with Crippen LogP contribution in [-0.2, 0) is 11.2 Å². The second kappa shape index (κ2) is 8.34. The number of carbonyl (C=O) groups is 1. The monoisotopic (exact) mass is 381 g/mol. The molecule has 8 nitrogen and oxygen atoms in total. The van der Waals surface area contributed by atoms with E-state index in [2.05, 4.69) is 10.3 Å². The summed E-state index contributed by atoms with van der Waals surface area (Å²) in [5.74, 6) is 1.52. The largest absolute Gasteiger partial charge is 0.497 e. The smallest absolute Gasteiger partial charge is 0.274 e. The van der Waals surface area contributed by atoms with Gasteiger partial charge in [-0.15, -0.1) is 0 Å². The fourth-order valence-electron chi connectivity index (χ4n) is 2.70. The topological polar surface area (TPSA) is 108 Å². The van der Waals surface area contributed by atoms with Crippen LogP contribution in [0.5, 0.6) is 5.75 Å². The fourth-order valence-corrected chi connectivity index (χ4v) is 2.70. The molecule has 0 saturated heterocycles. The van der Waals surface area contributed by atoms with E-state index >= 15 is 0 Å². The molecular weight excluding hydrogens is 362 g/mol. The van der Waals surface area contributed by atoms with E-state index in [1.54, 1.807) is 26.3 Å². The maximum absolute atomic E-state index is 12.2. The van der Waals surface area contributed by atoms with Gasteiger partial charge in [0.05, 0.1) is 29.5 Å². The highest BCUT2D eigenvalue weighted by atomic mass is 16.6. The number of oxazole rings is 1. The van der Waals surface area contributed by atoms with E-state index in [9.17, 15) is 14.9 Å². The molecule has 0 spiro atoms. The highest BCUT2D eigenvalue weighted by Crippen LogP contribution is 2.26. The molecule has 1 amide bonds. The molecule has 0 fully saturated rings. The van der Waals surface area contributed by atoms with Crippen molar-refractivity contribution in [2.45, 2.75) is 19.8 Å². The van der Waals surface area contributed by atoms with Gasteiger partial charge >= 0.3 is 0 Å². The van der Waals surface area contributed by atoms with Crippen molar-refractivity contribution in [2.24, 2.45) is 0 Å². The van der Waals surface area contributed by atoms with E-state index in [-0.39, 0.29) is 18.0 Å². The van der Waals surface area contributed by atoms with Crippen molar-refractivity contribution >= 4 is 17.3 Å².